The average molecular weight is 220 g/mol. The van der Waals surface area contributed by atoms with Crippen LogP contribution in [0.25, 0.3) is 0 Å². The molecule has 0 radical (unpaired) electrons. The summed E-state index contributed by atoms with van der Waals surface area (Å²) in [6.07, 6.45) is 2.43. The van der Waals surface area contributed by atoms with Crippen LogP contribution >= 0.6 is 0 Å². The van der Waals surface area contributed by atoms with E-state index in [1.165, 1.54) is 0 Å². The summed E-state index contributed by atoms with van der Waals surface area (Å²) in [4.78, 5) is 0. The van der Waals surface area contributed by atoms with Crippen LogP contribution in [-0.2, 0) is 14.6 Å². The summed E-state index contributed by atoms with van der Waals surface area (Å²) in [5.41, 5.74) is 0. The molecule has 2 aliphatic rings. The summed E-state index contributed by atoms with van der Waals surface area (Å²) < 4.78 is 28.5. The molecule has 1 aliphatic heterocycles. The number of sulfone groups is 1. The van der Waals surface area contributed by atoms with Crippen molar-refractivity contribution < 1.29 is 18.3 Å². The second-order valence-corrected chi connectivity index (χ2v) is 6.82. The number of ether oxygens (including phenoxy) is 1. The Morgan fingerprint density at radius 3 is 2.29 bits per heavy atom. The van der Waals surface area contributed by atoms with Crippen LogP contribution in [0.1, 0.15) is 25.7 Å². The minimum atomic E-state index is -3.13. The van der Waals surface area contributed by atoms with Gasteiger partial charge in [-0.2, -0.15) is 0 Å². The lowest BCUT2D eigenvalue weighted by molar-refractivity contribution is 0.0979. The maximum atomic E-state index is 12.1. The van der Waals surface area contributed by atoms with Gasteiger partial charge in [0.15, 0.2) is 9.84 Å². The van der Waals surface area contributed by atoms with Crippen LogP contribution < -0.4 is 0 Å². The van der Waals surface area contributed by atoms with Gasteiger partial charge in [-0.1, -0.05) is 0 Å². The molecule has 1 saturated carbocycles. The van der Waals surface area contributed by atoms with Gasteiger partial charge in [-0.05, 0) is 25.7 Å². The molecule has 0 aromatic heterocycles. The predicted octanol–water partition coefficient (Wildman–Crippen LogP) is 0.105. The van der Waals surface area contributed by atoms with E-state index in [0.717, 1.165) is 0 Å². The Hall–Kier alpha value is -0.130. The van der Waals surface area contributed by atoms with Crippen molar-refractivity contribution in [2.45, 2.75) is 35.7 Å². The van der Waals surface area contributed by atoms with Gasteiger partial charge >= 0.3 is 0 Å². The summed E-state index contributed by atoms with van der Waals surface area (Å²) in [6.45, 7) is 0.851. The van der Waals surface area contributed by atoms with Crippen LogP contribution in [0.15, 0.2) is 0 Å². The normalized spacial score (nSPS) is 27.5. The van der Waals surface area contributed by atoms with Crippen LogP contribution in [-0.4, -0.2) is 43.3 Å². The van der Waals surface area contributed by atoms with Gasteiger partial charge in [-0.25, -0.2) is 8.42 Å². The predicted molar refractivity (Wildman–Crippen MR) is 51.8 cm³/mol. The van der Waals surface area contributed by atoms with Crippen LogP contribution in [0.4, 0.5) is 0 Å². The topological polar surface area (TPSA) is 63.6 Å². The van der Waals surface area contributed by atoms with Gasteiger partial charge in [0.25, 0.3) is 0 Å². The van der Waals surface area contributed by atoms with Gasteiger partial charge in [0, 0.05) is 13.2 Å². The first-order chi connectivity index (χ1) is 6.62. The van der Waals surface area contributed by atoms with E-state index in [2.05, 4.69) is 0 Å². The Morgan fingerprint density at radius 1 is 1.29 bits per heavy atom. The third kappa shape index (κ3) is 1.47. The number of hydrogen-bond donors (Lipinski definition) is 1. The highest BCUT2D eigenvalue weighted by molar-refractivity contribution is 7.93. The Balaban J connectivity index is 2.15. The fourth-order valence-corrected chi connectivity index (χ4v) is 4.38. The van der Waals surface area contributed by atoms with Gasteiger partial charge in [0.2, 0.25) is 0 Å². The molecule has 14 heavy (non-hydrogen) atoms. The van der Waals surface area contributed by atoms with Crippen molar-refractivity contribution in [3.05, 3.63) is 0 Å². The van der Waals surface area contributed by atoms with Crippen LogP contribution in [0.3, 0.4) is 0 Å². The van der Waals surface area contributed by atoms with Crippen molar-refractivity contribution >= 4 is 9.84 Å². The van der Waals surface area contributed by atoms with E-state index >= 15 is 0 Å². The highest BCUT2D eigenvalue weighted by atomic mass is 32.2. The van der Waals surface area contributed by atoms with Crippen molar-refractivity contribution in [3.8, 4) is 0 Å². The largest absolute Gasteiger partial charge is 0.395 e. The summed E-state index contributed by atoms with van der Waals surface area (Å²) >= 11 is 0. The molecule has 0 bridgehead atoms. The third-order valence-electron chi connectivity index (χ3n) is 3.31. The number of aliphatic hydroxyl groups is 1. The highest BCUT2D eigenvalue weighted by Crippen LogP contribution is 2.46. The van der Waals surface area contributed by atoms with Gasteiger partial charge in [-0.15, -0.1) is 0 Å². The zero-order chi connectivity index (χ0) is 10.2. The fourth-order valence-electron chi connectivity index (χ4n) is 2.01. The minimum absolute atomic E-state index is 0.216. The molecule has 1 saturated heterocycles. The van der Waals surface area contributed by atoms with Crippen LogP contribution in [0.2, 0.25) is 0 Å². The number of rotatable bonds is 3. The molecular weight excluding hydrogens is 204 g/mol. The molecule has 0 unspecified atom stereocenters. The average Bonchev–Trinajstić information content (AvgIpc) is 3.00. The molecule has 0 aromatic carbocycles. The van der Waals surface area contributed by atoms with Crippen molar-refractivity contribution in [3.63, 3.8) is 0 Å². The van der Waals surface area contributed by atoms with Gasteiger partial charge in [0.05, 0.1) is 16.6 Å². The highest BCUT2D eigenvalue weighted by Gasteiger charge is 2.56. The standard InChI is InChI=1S/C9H16O4S/c10-7-9(3-4-9)14(11,12)8-1-5-13-6-2-8/h8,10H,1-7H2. The number of hydrogen-bond acceptors (Lipinski definition) is 4. The Bertz CT molecular complexity index is 299. The van der Waals surface area contributed by atoms with E-state index in [0.29, 0.717) is 38.9 Å². The SMILES string of the molecule is O=S(=O)(C1CCOCC1)C1(CO)CC1. The Labute approximate surface area is 84.2 Å². The second-order valence-electron chi connectivity index (χ2n) is 4.20. The lowest BCUT2D eigenvalue weighted by atomic mass is 10.2. The molecule has 82 valence electrons. The molecule has 2 rings (SSSR count). The van der Waals surface area contributed by atoms with Crippen molar-refractivity contribution in [2.75, 3.05) is 19.8 Å². The van der Waals surface area contributed by atoms with E-state index in [-0.39, 0.29) is 11.9 Å². The quantitative estimate of drug-likeness (QED) is 0.733. The smallest absolute Gasteiger partial charge is 0.161 e. The third-order valence-corrected chi connectivity index (χ3v) is 6.40. The molecule has 1 N–H and O–H groups in total. The maximum Gasteiger partial charge on any atom is 0.161 e. The second kappa shape index (κ2) is 3.47. The van der Waals surface area contributed by atoms with E-state index in [9.17, 15) is 8.42 Å². The molecule has 2 fully saturated rings. The van der Waals surface area contributed by atoms with Crippen LogP contribution in [0, 0.1) is 0 Å². The maximum absolute atomic E-state index is 12.1. The molecule has 1 heterocycles. The van der Waals surface area contributed by atoms with Gasteiger partial charge < -0.3 is 9.84 Å². The molecule has 0 atom stereocenters. The summed E-state index contributed by atoms with van der Waals surface area (Å²) in [5, 5.41) is 8.83. The van der Waals surface area contributed by atoms with E-state index in [4.69, 9.17) is 9.84 Å². The van der Waals surface area contributed by atoms with Crippen molar-refractivity contribution in [2.24, 2.45) is 0 Å². The lowest BCUT2D eigenvalue weighted by Gasteiger charge is -2.26. The minimum Gasteiger partial charge on any atom is -0.395 e. The molecule has 4 nitrogen and oxygen atoms in total. The van der Waals surface area contributed by atoms with E-state index < -0.39 is 14.6 Å². The molecule has 0 aromatic rings. The number of aliphatic hydroxyl groups excluding tert-OH is 1. The van der Waals surface area contributed by atoms with E-state index in [1.807, 2.05) is 0 Å². The summed E-state index contributed by atoms with van der Waals surface area (Å²) in [5.74, 6) is 0. The first-order valence-electron chi connectivity index (χ1n) is 5.04. The van der Waals surface area contributed by atoms with Crippen molar-refractivity contribution in [1.29, 1.82) is 0 Å². The Kier molecular flexibility index (Phi) is 2.57. The van der Waals surface area contributed by atoms with Gasteiger partial charge in [0.1, 0.15) is 0 Å². The molecule has 1 aliphatic carbocycles. The molecule has 5 heteroatoms. The van der Waals surface area contributed by atoms with E-state index in [1.54, 1.807) is 0 Å². The van der Waals surface area contributed by atoms with Crippen LogP contribution in [0.5, 0.6) is 0 Å². The van der Waals surface area contributed by atoms with Crippen molar-refractivity contribution in [1.82, 2.24) is 0 Å². The Morgan fingerprint density at radius 2 is 1.86 bits per heavy atom. The first kappa shape index (κ1) is 10.4. The monoisotopic (exact) mass is 220 g/mol. The molecule has 0 spiro atoms. The molecule has 0 amide bonds. The molecular formula is C9H16O4S. The zero-order valence-corrected chi connectivity index (χ0v) is 8.92. The fraction of sp³-hybridized carbons (Fsp3) is 1.00. The summed E-state index contributed by atoms with van der Waals surface area (Å²) in [6, 6.07) is 0. The lowest BCUT2D eigenvalue weighted by Crippen LogP contribution is -2.39. The van der Waals surface area contributed by atoms with Gasteiger partial charge in [-0.3, -0.25) is 0 Å². The first-order valence-corrected chi connectivity index (χ1v) is 6.59. The zero-order valence-electron chi connectivity index (χ0n) is 8.11. The summed E-state index contributed by atoms with van der Waals surface area (Å²) in [7, 11) is -3.13.